The van der Waals surface area contributed by atoms with Gasteiger partial charge in [-0.05, 0) is 31.4 Å². The quantitative estimate of drug-likeness (QED) is 0.799. The van der Waals surface area contributed by atoms with Gasteiger partial charge >= 0.3 is 5.69 Å². The van der Waals surface area contributed by atoms with E-state index in [1.807, 2.05) is 28.8 Å². The third-order valence-electron chi connectivity index (χ3n) is 4.74. The smallest absolute Gasteiger partial charge is 0.326 e. The Hall–Kier alpha value is -1.59. The second-order valence-electron chi connectivity index (χ2n) is 6.36. The normalized spacial score (nSPS) is 17.1. The van der Waals surface area contributed by atoms with Crippen LogP contribution in [-0.2, 0) is 4.74 Å². The maximum Gasteiger partial charge on any atom is 0.326 e. The first-order valence-corrected chi connectivity index (χ1v) is 8.79. The molecule has 0 amide bonds. The number of hydrogen-bond acceptors (Lipinski definition) is 3. The predicted molar refractivity (Wildman–Crippen MR) is 93.0 cm³/mol. The van der Waals surface area contributed by atoms with E-state index >= 15 is 0 Å². The number of aromatic nitrogens is 2. The number of piperidine rings is 1. The summed E-state index contributed by atoms with van der Waals surface area (Å²) < 4.78 is 7.60. The van der Waals surface area contributed by atoms with Crippen LogP contribution in [-0.4, -0.2) is 47.3 Å². The van der Waals surface area contributed by atoms with Gasteiger partial charge in [0.1, 0.15) is 0 Å². The van der Waals surface area contributed by atoms with Crippen LogP contribution in [0.25, 0.3) is 11.0 Å². The summed E-state index contributed by atoms with van der Waals surface area (Å²) in [5.74, 6) is 0. The molecule has 1 aromatic heterocycles. The Morgan fingerprint density at radius 1 is 1.22 bits per heavy atom. The molecule has 0 saturated carbocycles. The van der Waals surface area contributed by atoms with Gasteiger partial charge in [-0.3, -0.25) is 4.57 Å². The molecule has 1 aliphatic heterocycles. The Kier molecular flexibility index (Phi) is 5.51. The van der Waals surface area contributed by atoms with Crippen molar-refractivity contribution in [3.63, 3.8) is 0 Å². The summed E-state index contributed by atoms with van der Waals surface area (Å²) in [4.78, 5) is 17.7. The van der Waals surface area contributed by atoms with Crippen molar-refractivity contribution in [3.8, 4) is 0 Å². The molecule has 3 rings (SSSR count). The molecule has 126 valence electrons. The molecule has 0 radical (unpaired) electrons. The molecule has 5 nitrogen and oxygen atoms in total. The van der Waals surface area contributed by atoms with E-state index in [-0.39, 0.29) is 5.69 Å². The summed E-state index contributed by atoms with van der Waals surface area (Å²) in [6.07, 6.45) is 4.38. The van der Waals surface area contributed by atoms with Gasteiger partial charge in [0.25, 0.3) is 0 Å². The minimum atomic E-state index is 0.0209. The summed E-state index contributed by atoms with van der Waals surface area (Å²) in [6.45, 7) is 6.94. The number of hydrogen-bond donors (Lipinski definition) is 1. The Morgan fingerprint density at radius 2 is 2.00 bits per heavy atom. The molecule has 1 N–H and O–H groups in total. The molecule has 5 heteroatoms. The molecule has 0 spiro atoms. The lowest BCUT2D eigenvalue weighted by atomic mass is 10.0. The van der Waals surface area contributed by atoms with Crippen molar-refractivity contribution in [1.29, 1.82) is 0 Å². The largest absolute Gasteiger partial charge is 0.380 e. The van der Waals surface area contributed by atoms with E-state index in [9.17, 15) is 4.79 Å². The van der Waals surface area contributed by atoms with Crippen LogP contribution in [0.15, 0.2) is 29.1 Å². The number of rotatable bonds is 7. The van der Waals surface area contributed by atoms with Crippen molar-refractivity contribution in [1.82, 2.24) is 14.5 Å². The van der Waals surface area contributed by atoms with Crippen molar-refractivity contribution >= 4 is 11.0 Å². The zero-order chi connectivity index (χ0) is 16.1. The molecule has 1 aromatic carbocycles. The fraction of sp³-hybridized carbons (Fsp3) is 0.611. The van der Waals surface area contributed by atoms with E-state index in [1.54, 1.807) is 0 Å². The number of para-hydroxylation sites is 2. The number of H-pyrrole nitrogens is 1. The van der Waals surface area contributed by atoms with Gasteiger partial charge in [-0.1, -0.05) is 25.5 Å². The van der Waals surface area contributed by atoms with Crippen LogP contribution in [0.5, 0.6) is 0 Å². The van der Waals surface area contributed by atoms with Crippen LogP contribution in [0.1, 0.15) is 38.6 Å². The zero-order valence-electron chi connectivity index (χ0n) is 14.0. The monoisotopic (exact) mass is 317 g/mol. The van der Waals surface area contributed by atoms with Crippen molar-refractivity contribution < 1.29 is 4.74 Å². The second kappa shape index (κ2) is 7.79. The molecule has 23 heavy (non-hydrogen) atoms. The van der Waals surface area contributed by atoms with Crippen LogP contribution < -0.4 is 5.69 Å². The van der Waals surface area contributed by atoms with Gasteiger partial charge in [0.05, 0.1) is 17.6 Å². The SMILES string of the molecule is CCCCOCCN1CCC(n2c(=O)[nH]c3ccccc32)CC1. The Balaban J connectivity index is 1.54. The molecular weight excluding hydrogens is 290 g/mol. The van der Waals surface area contributed by atoms with Crippen molar-refractivity contribution in [3.05, 3.63) is 34.7 Å². The highest BCUT2D eigenvalue weighted by molar-refractivity contribution is 5.75. The maximum absolute atomic E-state index is 12.3. The van der Waals surface area contributed by atoms with E-state index in [2.05, 4.69) is 16.8 Å². The standard InChI is InChI=1S/C18H27N3O2/c1-2-3-13-23-14-12-20-10-8-15(9-11-20)21-17-7-5-4-6-16(17)19-18(21)22/h4-7,15H,2-3,8-14H2,1H3,(H,19,22). The number of aromatic amines is 1. The molecular formula is C18H27N3O2. The van der Waals surface area contributed by atoms with E-state index in [0.717, 1.165) is 63.1 Å². The molecule has 0 atom stereocenters. The summed E-state index contributed by atoms with van der Waals surface area (Å²) in [6, 6.07) is 8.26. The first-order chi connectivity index (χ1) is 11.3. The molecule has 0 bridgehead atoms. The minimum absolute atomic E-state index is 0.0209. The number of ether oxygens (including phenoxy) is 1. The highest BCUT2D eigenvalue weighted by atomic mass is 16.5. The van der Waals surface area contributed by atoms with Gasteiger partial charge in [0, 0.05) is 32.3 Å². The number of imidazole rings is 1. The lowest BCUT2D eigenvalue weighted by Crippen LogP contribution is -2.38. The summed E-state index contributed by atoms with van der Waals surface area (Å²) in [5.41, 5.74) is 1.98. The number of unbranched alkanes of at least 4 members (excludes halogenated alkanes) is 1. The highest BCUT2D eigenvalue weighted by Gasteiger charge is 2.23. The predicted octanol–water partition coefficient (Wildman–Crippen LogP) is 2.78. The fourth-order valence-electron chi connectivity index (χ4n) is 3.38. The first-order valence-electron chi connectivity index (χ1n) is 8.79. The molecule has 0 unspecified atom stereocenters. The molecule has 1 saturated heterocycles. The third kappa shape index (κ3) is 3.85. The van der Waals surface area contributed by atoms with Crippen LogP contribution in [0.3, 0.4) is 0 Å². The Labute approximate surface area is 137 Å². The Morgan fingerprint density at radius 3 is 2.78 bits per heavy atom. The number of benzene rings is 1. The van der Waals surface area contributed by atoms with E-state index < -0.39 is 0 Å². The molecule has 1 fully saturated rings. The van der Waals surface area contributed by atoms with E-state index in [1.165, 1.54) is 6.42 Å². The lowest BCUT2D eigenvalue weighted by molar-refractivity contribution is 0.0878. The van der Waals surface area contributed by atoms with Crippen LogP contribution in [0.4, 0.5) is 0 Å². The van der Waals surface area contributed by atoms with Crippen molar-refractivity contribution in [2.24, 2.45) is 0 Å². The summed E-state index contributed by atoms with van der Waals surface area (Å²) >= 11 is 0. The highest BCUT2D eigenvalue weighted by Crippen LogP contribution is 2.24. The van der Waals surface area contributed by atoms with Gasteiger partial charge < -0.3 is 14.6 Å². The number of fused-ring (bicyclic) bond motifs is 1. The summed E-state index contributed by atoms with van der Waals surface area (Å²) in [7, 11) is 0. The average Bonchev–Trinajstić information content (AvgIpc) is 2.91. The number of likely N-dealkylation sites (tertiary alicyclic amines) is 1. The van der Waals surface area contributed by atoms with E-state index in [4.69, 9.17) is 4.74 Å². The van der Waals surface area contributed by atoms with Crippen LogP contribution in [0, 0.1) is 0 Å². The molecule has 0 aliphatic carbocycles. The first kappa shape index (κ1) is 16.3. The fourth-order valence-corrected chi connectivity index (χ4v) is 3.38. The van der Waals surface area contributed by atoms with Gasteiger partial charge in [-0.2, -0.15) is 0 Å². The second-order valence-corrected chi connectivity index (χ2v) is 6.36. The zero-order valence-corrected chi connectivity index (χ0v) is 14.0. The number of nitrogens with zero attached hydrogens (tertiary/aromatic N) is 2. The number of nitrogens with one attached hydrogen (secondary N) is 1. The van der Waals surface area contributed by atoms with Gasteiger partial charge in [-0.15, -0.1) is 0 Å². The average molecular weight is 317 g/mol. The van der Waals surface area contributed by atoms with Gasteiger partial charge in [-0.25, -0.2) is 4.79 Å². The molecule has 1 aliphatic rings. The van der Waals surface area contributed by atoms with Gasteiger partial charge in [0.15, 0.2) is 0 Å². The third-order valence-corrected chi connectivity index (χ3v) is 4.74. The summed E-state index contributed by atoms with van der Waals surface area (Å²) in [5, 5.41) is 0. The van der Waals surface area contributed by atoms with Crippen LogP contribution >= 0.6 is 0 Å². The Bertz CT molecular complexity index is 668. The molecule has 2 aromatic rings. The van der Waals surface area contributed by atoms with Gasteiger partial charge in [0.2, 0.25) is 0 Å². The minimum Gasteiger partial charge on any atom is -0.380 e. The molecule has 2 heterocycles. The van der Waals surface area contributed by atoms with E-state index in [0.29, 0.717) is 6.04 Å². The lowest BCUT2D eigenvalue weighted by Gasteiger charge is -2.32. The van der Waals surface area contributed by atoms with Crippen molar-refractivity contribution in [2.45, 2.75) is 38.6 Å². The maximum atomic E-state index is 12.3. The van der Waals surface area contributed by atoms with Crippen LogP contribution in [0.2, 0.25) is 0 Å². The topological polar surface area (TPSA) is 50.3 Å². The van der Waals surface area contributed by atoms with Crippen molar-refractivity contribution in [2.75, 3.05) is 32.8 Å².